The Labute approximate surface area is 148 Å². The molecule has 25 heavy (non-hydrogen) atoms. The molecule has 138 valence electrons. The number of halogens is 1. The molecule has 1 amide bonds. The molecule has 3 rings (SSSR count). The number of rotatable bonds is 3. The first-order valence-electron chi connectivity index (χ1n) is 8.82. The van der Waals surface area contributed by atoms with Crippen molar-refractivity contribution in [2.24, 2.45) is 11.8 Å². The molecule has 2 atom stereocenters. The van der Waals surface area contributed by atoms with Gasteiger partial charge in [0.2, 0.25) is 10.0 Å². The topological polar surface area (TPSA) is 57.7 Å². The van der Waals surface area contributed by atoms with Gasteiger partial charge in [-0.2, -0.15) is 0 Å². The van der Waals surface area contributed by atoms with Crippen LogP contribution in [-0.2, 0) is 10.0 Å². The lowest BCUT2D eigenvalue weighted by Gasteiger charge is -2.41. The Morgan fingerprint density at radius 2 is 1.84 bits per heavy atom. The van der Waals surface area contributed by atoms with Crippen molar-refractivity contribution in [1.29, 1.82) is 0 Å². The highest BCUT2D eigenvalue weighted by molar-refractivity contribution is 7.89. The molecule has 1 saturated carbocycles. The Kier molecular flexibility index (Phi) is 5.16. The molecule has 0 spiro atoms. The minimum absolute atomic E-state index is 0.0604. The third kappa shape index (κ3) is 3.58. The minimum Gasteiger partial charge on any atom is -0.338 e. The molecule has 1 aromatic rings. The summed E-state index contributed by atoms with van der Waals surface area (Å²) in [5, 5.41) is 0. The average molecular weight is 368 g/mol. The second kappa shape index (κ2) is 7.03. The van der Waals surface area contributed by atoms with E-state index in [1.54, 1.807) is 4.90 Å². The smallest absolute Gasteiger partial charge is 0.256 e. The van der Waals surface area contributed by atoms with Gasteiger partial charge in [0.1, 0.15) is 5.82 Å². The fourth-order valence-electron chi connectivity index (χ4n) is 4.00. The van der Waals surface area contributed by atoms with Crippen molar-refractivity contribution in [1.82, 2.24) is 9.21 Å². The second-order valence-corrected chi connectivity index (χ2v) is 9.43. The van der Waals surface area contributed by atoms with Crippen LogP contribution in [0.5, 0.6) is 0 Å². The number of likely N-dealkylation sites (tertiary alicyclic amines) is 1. The van der Waals surface area contributed by atoms with Gasteiger partial charge in [-0.3, -0.25) is 4.79 Å². The third-order valence-corrected chi connectivity index (χ3v) is 7.34. The highest BCUT2D eigenvalue weighted by Crippen LogP contribution is 2.36. The number of fused-ring (bicyclic) bond motifs is 1. The molecule has 2 aliphatic rings. The standard InChI is InChI=1S/C18H25FN2O3S/c1-20(2)25(23,24)15-7-8-17(19)16(11-15)18(22)21-10-9-13-5-3-4-6-14(13)12-21/h7-8,11,13-14H,3-6,9-10,12H2,1-2H3/t13-,14-/m0/s1. The van der Waals surface area contributed by atoms with Gasteiger partial charge in [-0.1, -0.05) is 19.3 Å². The van der Waals surface area contributed by atoms with Gasteiger partial charge in [-0.25, -0.2) is 17.1 Å². The summed E-state index contributed by atoms with van der Waals surface area (Å²) >= 11 is 0. The fraction of sp³-hybridized carbons (Fsp3) is 0.611. The number of benzene rings is 1. The number of carbonyl (C=O) groups excluding carboxylic acids is 1. The van der Waals surface area contributed by atoms with Crippen molar-refractivity contribution in [2.75, 3.05) is 27.2 Å². The second-order valence-electron chi connectivity index (χ2n) is 7.27. The van der Waals surface area contributed by atoms with Crippen LogP contribution in [0.3, 0.4) is 0 Å². The van der Waals surface area contributed by atoms with E-state index < -0.39 is 21.7 Å². The molecule has 2 fully saturated rings. The Bertz CT molecular complexity index is 764. The molecule has 0 radical (unpaired) electrons. The summed E-state index contributed by atoms with van der Waals surface area (Å²) in [6.07, 6.45) is 5.74. The molecule has 0 unspecified atom stereocenters. The Balaban J connectivity index is 1.85. The van der Waals surface area contributed by atoms with Gasteiger partial charge in [0.05, 0.1) is 10.5 Å². The Morgan fingerprint density at radius 1 is 1.16 bits per heavy atom. The molecule has 0 N–H and O–H groups in total. The molecule has 1 saturated heterocycles. The molecule has 1 heterocycles. The van der Waals surface area contributed by atoms with Crippen molar-refractivity contribution in [3.63, 3.8) is 0 Å². The van der Waals surface area contributed by atoms with Crippen LogP contribution in [0.2, 0.25) is 0 Å². The van der Waals surface area contributed by atoms with Gasteiger partial charge in [0.25, 0.3) is 5.91 Å². The lowest BCUT2D eigenvalue weighted by molar-refractivity contribution is 0.0516. The molecular formula is C18H25FN2O3S. The van der Waals surface area contributed by atoms with Crippen LogP contribution in [0.4, 0.5) is 4.39 Å². The van der Waals surface area contributed by atoms with E-state index >= 15 is 0 Å². The van der Waals surface area contributed by atoms with Crippen LogP contribution in [0, 0.1) is 17.7 Å². The Hall–Kier alpha value is -1.47. The molecule has 7 heteroatoms. The first-order chi connectivity index (χ1) is 11.8. The van der Waals surface area contributed by atoms with Crippen molar-refractivity contribution in [3.05, 3.63) is 29.6 Å². The van der Waals surface area contributed by atoms with Crippen molar-refractivity contribution in [3.8, 4) is 0 Å². The summed E-state index contributed by atoms with van der Waals surface area (Å²) in [6, 6.07) is 3.44. The SMILES string of the molecule is CN(C)S(=O)(=O)c1ccc(F)c(C(=O)N2CC[C@@H]3CCCC[C@H]3C2)c1. The zero-order chi connectivity index (χ0) is 18.2. The molecule has 5 nitrogen and oxygen atoms in total. The predicted octanol–water partition coefficient (Wildman–Crippen LogP) is 2.73. The first kappa shape index (κ1) is 18.3. The molecule has 1 aromatic carbocycles. The largest absolute Gasteiger partial charge is 0.338 e. The molecule has 0 aromatic heterocycles. The predicted molar refractivity (Wildman–Crippen MR) is 93.2 cm³/mol. The number of sulfonamides is 1. The van der Waals surface area contributed by atoms with Gasteiger partial charge in [-0.15, -0.1) is 0 Å². The number of hydrogen-bond donors (Lipinski definition) is 0. The quantitative estimate of drug-likeness (QED) is 0.824. The van der Waals surface area contributed by atoms with Crippen LogP contribution in [-0.4, -0.2) is 50.7 Å². The summed E-state index contributed by atoms with van der Waals surface area (Å²) < 4.78 is 39.8. The maximum Gasteiger partial charge on any atom is 0.256 e. The maximum atomic E-state index is 14.2. The van der Waals surface area contributed by atoms with E-state index in [-0.39, 0.29) is 10.5 Å². The van der Waals surface area contributed by atoms with Crippen LogP contribution >= 0.6 is 0 Å². The number of carbonyl (C=O) groups is 1. The average Bonchev–Trinajstić information content (AvgIpc) is 2.60. The number of nitrogens with zero attached hydrogens (tertiary/aromatic N) is 2. The van der Waals surface area contributed by atoms with Crippen molar-refractivity contribution in [2.45, 2.75) is 37.0 Å². The van der Waals surface area contributed by atoms with Gasteiger partial charge in [0, 0.05) is 27.2 Å². The lowest BCUT2D eigenvalue weighted by Crippen LogP contribution is -2.45. The van der Waals surface area contributed by atoms with Crippen molar-refractivity contribution < 1.29 is 17.6 Å². The van der Waals surface area contributed by atoms with Crippen LogP contribution < -0.4 is 0 Å². The van der Waals surface area contributed by atoms with E-state index in [0.29, 0.717) is 24.9 Å². The van der Waals surface area contributed by atoms with E-state index in [2.05, 4.69) is 0 Å². The highest BCUT2D eigenvalue weighted by Gasteiger charge is 2.34. The van der Waals surface area contributed by atoms with Crippen molar-refractivity contribution >= 4 is 15.9 Å². The molecule has 1 aliphatic carbocycles. The van der Waals surface area contributed by atoms with Crippen LogP contribution in [0.25, 0.3) is 0 Å². The van der Waals surface area contributed by atoms with Gasteiger partial charge >= 0.3 is 0 Å². The minimum atomic E-state index is -3.70. The number of hydrogen-bond acceptors (Lipinski definition) is 3. The maximum absolute atomic E-state index is 14.2. The molecule has 1 aliphatic heterocycles. The van der Waals surface area contributed by atoms with E-state index in [9.17, 15) is 17.6 Å². The van der Waals surface area contributed by atoms with Gasteiger partial charge in [0.15, 0.2) is 0 Å². The van der Waals surface area contributed by atoms with E-state index in [4.69, 9.17) is 0 Å². The summed E-state index contributed by atoms with van der Waals surface area (Å²) in [7, 11) is -0.882. The fourth-order valence-corrected chi connectivity index (χ4v) is 4.92. The normalized spacial score (nSPS) is 24.2. The monoisotopic (exact) mass is 368 g/mol. The van der Waals surface area contributed by atoms with E-state index in [1.807, 2.05) is 0 Å². The van der Waals surface area contributed by atoms with E-state index in [1.165, 1.54) is 45.5 Å². The zero-order valence-electron chi connectivity index (χ0n) is 14.7. The third-order valence-electron chi connectivity index (χ3n) is 5.53. The first-order valence-corrected chi connectivity index (χ1v) is 10.3. The molecule has 0 bridgehead atoms. The van der Waals surface area contributed by atoms with Gasteiger partial charge < -0.3 is 4.90 Å². The number of amides is 1. The summed E-state index contributed by atoms with van der Waals surface area (Å²) in [6.45, 7) is 1.26. The van der Waals surface area contributed by atoms with E-state index in [0.717, 1.165) is 23.2 Å². The van der Waals surface area contributed by atoms with Gasteiger partial charge in [-0.05, 0) is 42.9 Å². The van der Waals surface area contributed by atoms with Crippen LogP contribution in [0.1, 0.15) is 42.5 Å². The zero-order valence-corrected chi connectivity index (χ0v) is 15.6. The summed E-state index contributed by atoms with van der Waals surface area (Å²) in [5.74, 6) is 0.0807. The highest BCUT2D eigenvalue weighted by atomic mass is 32.2. The lowest BCUT2D eigenvalue weighted by atomic mass is 9.75. The summed E-state index contributed by atoms with van der Waals surface area (Å²) in [5.41, 5.74) is -0.155. The Morgan fingerprint density at radius 3 is 2.52 bits per heavy atom. The number of piperidine rings is 1. The molecular weight excluding hydrogens is 343 g/mol. The summed E-state index contributed by atoms with van der Waals surface area (Å²) in [4.78, 5) is 14.5. The van der Waals surface area contributed by atoms with Crippen LogP contribution in [0.15, 0.2) is 23.1 Å².